The molecule has 0 amide bonds. The lowest BCUT2D eigenvalue weighted by Crippen LogP contribution is -2.45. The van der Waals surface area contributed by atoms with Crippen LogP contribution in [0.5, 0.6) is 5.75 Å². The first-order valence-corrected chi connectivity index (χ1v) is 10.6. The van der Waals surface area contributed by atoms with Gasteiger partial charge in [0.25, 0.3) is 0 Å². The first kappa shape index (κ1) is 17.9. The predicted octanol–water partition coefficient (Wildman–Crippen LogP) is 4.45. The van der Waals surface area contributed by atoms with E-state index in [4.69, 9.17) is 9.72 Å². The highest BCUT2D eigenvalue weighted by Gasteiger charge is 2.29. The van der Waals surface area contributed by atoms with Crippen LogP contribution in [0.25, 0.3) is 10.2 Å². The van der Waals surface area contributed by atoms with Crippen LogP contribution < -0.4 is 10.1 Å². The van der Waals surface area contributed by atoms with Gasteiger partial charge in [0, 0.05) is 36.2 Å². The quantitative estimate of drug-likeness (QED) is 0.647. The number of halogens is 1. The molecule has 0 aliphatic carbocycles. The molecule has 0 saturated carbocycles. The number of benzene rings is 2. The van der Waals surface area contributed by atoms with Gasteiger partial charge in [0.2, 0.25) is 0 Å². The highest BCUT2D eigenvalue weighted by Crippen LogP contribution is 2.39. The van der Waals surface area contributed by atoms with Crippen molar-refractivity contribution in [2.75, 3.05) is 32.8 Å². The topological polar surface area (TPSA) is 37.4 Å². The molecule has 0 bridgehead atoms. The minimum absolute atomic E-state index is 0.105. The molecule has 1 N–H and O–H groups in total. The lowest BCUT2D eigenvalue weighted by molar-refractivity contribution is 0.194. The Morgan fingerprint density at radius 1 is 1.23 bits per heavy atom. The second-order valence-electron chi connectivity index (χ2n) is 6.32. The molecule has 6 heteroatoms. The number of nitrogens with zero attached hydrogens (tertiary/aromatic N) is 2. The highest BCUT2D eigenvalue weighted by molar-refractivity contribution is 9.10. The van der Waals surface area contributed by atoms with E-state index >= 15 is 0 Å². The number of ether oxygens (including phenoxy) is 1. The summed E-state index contributed by atoms with van der Waals surface area (Å²) in [5.74, 6) is 0.943. The van der Waals surface area contributed by atoms with Crippen molar-refractivity contribution in [2.24, 2.45) is 0 Å². The van der Waals surface area contributed by atoms with Gasteiger partial charge < -0.3 is 10.1 Å². The molecule has 3 aromatic rings. The molecule has 1 aliphatic heterocycles. The van der Waals surface area contributed by atoms with E-state index in [9.17, 15) is 0 Å². The molecule has 1 unspecified atom stereocenters. The van der Waals surface area contributed by atoms with Gasteiger partial charge in [0.1, 0.15) is 10.8 Å². The largest absolute Gasteiger partial charge is 0.494 e. The van der Waals surface area contributed by atoms with Crippen LogP contribution in [0.15, 0.2) is 46.9 Å². The Morgan fingerprint density at radius 2 is 2.04 bits per heavy atom. The normalized spacial score (nSPS) is 16.7. The Hall–Kier alpha value is -1.47. The Balaban J connectivity index is 1.84. The number of aromatic nitrogens is 1. The van der Waals surface area contributed by atoms with Crippen LogP contribution in [0.2, 0.25) is 0 Å². The van der Waals surface area contributed by atoms with Crippen LogP contribution in [0, 0.1) is 0 Å². The molecule has 1 aliphatic rings. The van der Waals surface area contributed by atoms with Crippen molar-refractivity contribution in [2.45, 2.75) is 13.0 Å². The Labute approximate surface area is 166 Å². The van der Waals surface area contributed by atoms with Crippen molar-refractivity contribution in [3.8, 4) is 5.75 Å². The summed E-state index contributed by atoms with van der Waals surface area (Å²) in [4.78, 5) is 7.49. The Morgan fingerprint density at radius 3 is 2.81 bits per heavy atom. The van der Waals surface area contributed by atoms with Crippen molar-refractivity contribution in [1.29, 1.82) is 0 Å². The van der Waals surface area contributed by atoms with Gasteiger partial charge in [0.05, 0.1) is 22.9 Å². The fraction of sp³-hybridized carbons (Fsp3) is 0.350. The van der Waals surface area contributed by atoms with Crippen LogP contribution in [-0.4, -0.2) is 42.7 Å². The average molecular weight is 432 g/mol. The number of rotatable bonds is 5. The van der Waals surface area contributed by atoms with E-state index < -0.39 is 0 Å². The number of thiazole rings is 1. The smallest absolute Gasteiger partial charge is 0.124 e. The minimum atomic E-state index is 0.105. The fourth-order valence-electron chi connectivity index (χ4n) is 3.45. The zero-order chi connectivity index (χ0) is 17.9. The van der Waals surface area contributed by atoms with Crippen molar-refractivity contribution >= 4 is 37.5 Å². The zero-order valence-corrected chi connectivity index (χ0v) is 17.1. The molecule has 136 valence electrons. The zero-order valence-electron chi connectivity index (χ0n) is 14.7. The van der Waals surface area contributed by atoms with Crippen LogP contribution in [0.1, 0.15) is 23.5 Å². The number of para-hydroxylation sites is 1. The monoisotopic (exact) mass is 431 g/mol. The Kier molecular flexibility index (Phi) is 5.55. The molecule has 1 atom stereocenters. The molecular weight excluding hydrogens is 410 g/mol. The molecular formula is C20H22BrN3OS. The van der Waals surface area contributed by atoms with Gasteiger partial charge in [-0.1, -0.05) is 28.1 Å². The second-order valence-corrected chi connectivity index (χ2v) is 8.30. The number of nitrogens with one attached hydrogen (secondary N) is 1. The third kappa shape index (κ3) is 3.64. The van der Waals surface area contributed by atoms with E-state index in [-0.39, 0.29) is 6.04 Å². The number of fused-ring (bicyclic) bond motifs is 1. The van der Waals surface area contributed by atoms with Crippen LogP contribution in [0.4, 0.5) is 0 Å². The summed E-state index contributed by atoms with van der Waals surface area (Å²) in [5, 5.41) is 4.58. The summed E-state index contributed by atoms with van der Waals surface area (Å²) >= 11 is 5.43. The van der Waals surface area contributed by atoms with E-state index in [0.717, 1.165) is 46.9 Å². The molecule has 2 heterocycles. The van der Waals surface area contributed by atoms with Crippen molar-refractivity contribution in [3.05, 3.63) is 57.5 Å². The summed E-state index contributed by atoms with van der Waals surface area (Å²) in [6.45, 7) is 6.68. The van der Waals surface area contributed by atoms with Gasteiger partial charge >= 0.3 is 0 Å². The summed E-state index contributed by atoms with van der Waals surface area (Å²) in [6.07, 6.45) is 0. The molecule has 1 fully saturated rings. The average Bonchev–Trinajstić information content (AvgIpc) is 3.08. The maximum atomic E-state index is 5.97. The molecule has 0 radical (unpaired) electrons. The molecule has 1 saturated heterocycles. The van der Waals surface area contributed by atoms with Gasteiger partial charge in [-0.25, -0.2) is 4.98 Å². The third-order valence-corrected chi connectivity index (χ3v) is 6.21. The van der Waals surface area contributed by atoms with Crippen molar-refractivity contribution in [3.63, 3.8) is 0 Å². The highest BCUT2D eigenvalue weighted by atomic mass is 79.9. The van der Waals surface area contributed by atoms with Crippen LogP contribution >= 0.6 is 27.3 Å². The van der Waals surface area contributed by atoms with Gasteiger partial charge in [-0.2, -0.15) is 0 Å². The number of hydrogen-bond acceptors (Lipinski definition) is 5. The van der Waals surface area contributed by atoms with Crippen molar-refractivity contribution in [1.82, 2.24) is 15.2 Å². The van der Waals surface area contributed by atoms with Crippen molar-refractivity contribution < 1.29 is 4.74 Å². The maximum absolute atomic E-state index is 5.97. The summed E-state index contributed by atoms with van der Waals surface area (Å²) < 4.78 is 8.27. The van der Waals surface area contributed by atoms with E-state index in [1.54, 1.807) is 11.3 Å². The lowest BCUT2D eigenvalue weighted by atomic mass is 10.0. The predicted molar refractivity (Wildman–Crippen MR) is 111 cm³/mol. The maximum Gasteiger partial charge on any atom is 0.124 e. The molecule has 2 aromatic carbocycles. The van der Waals surface area contributed by atoms with Crippen LogP contribution in [0.3, 0.4) is 0 Å². The molecule has 26 heavy (non-hydrogen) atoms. The summed E-state index contributed by atoms with van der Waals surface area (Å²) in [6, 6.07) is 14.8. The molecule has 4 rings (SSSR count). The second kappa shape index (κ2) is 8.05. The molecule has 0 spiro atoms. The first-order chi connectivity index (χ1) is 12.8. The van der Waals surface area contributed by atoms with Gasteiger partial charge in [-0.05, 0) is 37.3 Å². The third-order valence-electron chi connectivity index (χ3n) is 4.63. The minimum Gasteiger partial charge on any atom is -0.494 e. The van der Waals surface area contributed by atoms with E-state index in [1.165, 1.54) is 10.3 Å². The van der Waals surface area contributed by atoms with E-state index in [0.29, 0.717) is 6.61 Å². The molecule has 1 aromatic heterocycles. The molecule has 4 nitrogen and oxygen atoms in total. The van der Waals surface area contributed by atoms with E-state index in [1.807, 2.05) is 13.0 Å². The van der Waals surface area contributed by atoms with Crippen LogP contribution in [-0.2, 0) is 0 Å². The number of hydrogen-bond donors (Lipinski definition) is 1. The Bertz CT molecular complexity index is 859. The van der Waals surface area contributed by atoms with Gasteiger partial charge in [-0.3, -0.25) is 4.90 Å². The fourth-order valence-corrected chi connectivity index (χ4v) is 4.95. The number of piperazine rings is 1. The summed E-state index contributed by atoms with van der Waals surface area (Å²) in [5.41, 5.74) is 2.25. The van der Waals surface area contributed by atoms with Gasteiger partial charge in [-0.15, -0.1) is 11.3 Å². The summed E-state index contributed by atoms with van der Waals surface area (Å²) in [7, 11) is 0. The van der Waals surface area contributed by atoms with E-state index in [2.05, 4.69) is 62.5 Å². The first-order valence-electron chi connectivity index (χ1n) is 8.98. The SMILES string of the molecule is CCOc1ccc(Br)cc1C(c1nc2ccccc2s1)N1CCNCC1. The lowest BCUT2D eigenvalue weighted by Gasteiger charge is -2.34. The van der Waals surface area contributed by atoms with Gasteiger partial charge in [0.15, 0.2) is 0 Å². The standard InChI is InChI=1S/C20H22BrN3OS/c1-2-25-17-8-7-14(21)13-15(17)19(24-11-9-22-10-12-24)20-23-16-5-3-4-6-18(16)26-20/h3-8,13,19,22H,2,9-12H2,1H3.